The molecule has 0 aliphatic heterocycles. The summed E-state index contributed by atoms with van der Waals surface area (Å²) >= 11 is 1.42. The zero-order valence-electron chi connectivity index (χ0n) is 15.7. The first-order valence-electron chi connectivity index (χ1n) is 8.64. The van der Waals surface area contributed by atoms with Gasteiger partial charge in [0.15, 0.2) is 11.5 Å². The number of hydrogen-bond donors (Lipinski definition) is 1. The first-order chi connectivity index (χ1) is 11.1. The number of ketones is 2. The van der Waals surface area contributed by atoms with Crippen molar-refractivity contribution >= 4 is 23.3 Å². The van der Waals surface area contributed by atoms with Gasteiger partial charge < -0.3 is 5.11 Å². The van der Waals surface area contributed by atoms with Gasteiger partial charge in [0.1, 0.15) is 0 Å². The summed E-state index contributed by atoms with van der Waals surface area (Å²) in [6.07, 6.45) is 4.43. The van der Waals surface area contributed by atoms with Gasteiger partial charge in [0.05, 0.1) is 4.91 Å². The van der Waals surface area contributed by atoms with Crippen molar-refractivity contribution in [3.8, 4) is 0 Å². The number of hydrogen-bond acceptors (Lipinski definition) is 4. The molecule has 4 heteroatoms. The van der Waals surface area contributed by atoms with Crippen molar-refractivity contribution in [3.63, 3.8) is 0 Å². The van der Waals surface area contributed by atoms with E-state index in [0.717, 1.165) is 5.57 Å². The highest BCUT2D eigenvalue weighted by atomic mass is 32.2. The zero-order valence-corrected chi connectivity index (χ0v) is 16.5. The van der Waals surface area contributed by atoms with Crippen LogP contribution < -0.4 is 0 Å². The van der Waals surface area contributed by atoms with E-state index in [1.807, 2.05) is 53.9 Å². The molecule has 1 N–H and O–H groups in total. The highest BCUT2D eigenvalue weighted by molar-refractivity contribution is 8.03. The van der Waals surface area contributed by atoms with Crippen molar-refractivity contribution < 1.29 is 14.7 Å². The smallest absolute Gasteiger partial charge is 0.223 e. The van der Waals surface area contributed by atoms with Crippen LogP contribution in [0.4, 0.5) is 0 Å². The van der Waals surface area contributed by atoms with Crippen molar-refractivity contribution in [2.45, 2.75) is 48.0 Å². The van der Waals surface area contributed by atoms with Crippen LogP contribution in [-0.2, 0) is 9.59 Å². The lowest BCUT2D eigenvalue weighted by Crippen LogP contribution is -2.44. The molecule has 0 aromatic carbocycles. The highest BCUT2D eigenvalue weighted by Crippen LogP contribution is 2.55. The van der Waals surface area contributed by atoms with Crippen LogP contribution in [0, 0.1) is 23.2 Å². The van der Waals surface area contributed by atoms with Gasteiger partial charge in [-0.1, -0.05) is 41.5 Å². The third-order valence-electron chi connectivity index (χ3n) is 5.52. The molecule has 2 rings (SSSR count). The molecule has 1 unspecified atom stereocenters. The molecule has 0 saturated carbocycles. The van der Waals surface area contributed by atoms with Gasteiger partial charge in [-0.05, 0) is 36.2 Å². The number of aliphatic hydroxyl groups excluding tert-OH is 1. The minimum atomic E-state index is -0.529. The molecule has 2 atom stereocenters. The van der Waals surface area contributed by atoms with E-state index in [1.54, 1.807) is 0 Å². The molecule has 0 fully saturated rings. The van der Waals surface area contributed by atoms with E-state index < -0.39 is 5.41 Å². The summed E-state index contributed by atoms with van der Waals surface area (Å²) in [5.41, 5.74) is 1.47. The molecule has 2 aliphatic rings. The Hall–Kier alpha value is -1.29. The minimum Gasteiger partial charge on any atom is -0.504 e. The SMILES string of the molecule is CC[C@]1(C)C2=C(O)C(=O)C(C(C)C)=CC2=C(SC)C(=O)C1C(C)C. The van der Waals surface area contributed by atoms with Crippen LogP contribution in [0.5, 0.6) is 0 Å². The number of fused-ring (bicyclic) bond motifs is 1. The fraction of sp³-hybridized carbons (Fsp3) is 0.600. The number of carbonyl (C=O) groups excluding carboxylic acids is 2. The summed E-state index contributed by atoms with van der Waals surface area (Å²) in [5.74, 6) is -0.402. The van der Waals surface area contributed by atoms with Crippen LogP contribution >= 0.6 is 11.8 Å². The van der Waals surface area contributed by atoms with Gasteiger partial charge in [0, 0.05) is 22.5 Å². The second-order valence-electron chi connectivity index (χ2n) is 7.61. The Morgan fingerprint density at radius 1 is 1.25 bits per heavy atom. The Bertz CT molecular complexity index is 679. The molecular formula is C20H28O3S. The normalized spacial score (nSPS) is 28.0. The molecule has 0 spiro atoms. The lowest BCUT2D eigenvalue weighted by Gasteiger charge is -2.46. The molecule has 0 heterocycles. The number of allylic oxidation sites excluding steroid dienone is 5. The lowest BCUT2D eigenvalue weighted by atomic mass is 9.57. The van der Waals surface area contributed by atoms with E-state index in [4.69, 9.17) is 0 Å². The maximum atomic E-state index is 13.2. The van der Waals surface area contributed by atoms with Crippen molar-refractivity contribution in [2.75, 3.05) is 6.26 Å². The molecule has 2 aliphatic carbocycles. The van der Waals surface area contributed by atoms with Crippen LogP contribution in [0.25, 0.3) is 0 Å². The number of Topliss-reactive ketones (excluding diaryl/α,β-unsaturated/α-hetero) is 2. The van der Waals surface area contributed by atoms with E-state index in [-0.39, 0.29) is 35.1 Å². The van der Waals surface area contributed by atoms with E-state index in [1.165, 1.54) is 11.8 Å². The molecule has 0 radical (unpaired) electrons. The van der Waals surface area contributed by atoms with E-state index >= 15 is 0 Å². The quantitative estimate of drug-likeness (QED) is 0.789. The van der Waals surface area contributed by atoms with Crippen molar-refractivity contribution in [1.82, 2.24) is 0 Å². The van der Waals surface area contributed by atoms with Gasteiger partial charge in [-0.25, -0.2) is 0 Å². The second-order valence-corrected chi connectivity index (χ2v) is 8.43. The van der Waals surface area contributed by atoms with Gasteiger partial charge >= 0.3 is 0 Å². The fourth-order valence-electron chi connectivity index (χ4n) is 4.22. The molecule has 0 aromatic rings. The Morgan fingerprint density at radius 3 is 2.25 bits per heavy atom. The lowest BCUT2D eigenvalue weighted by molar-refractivity contribution is -0.124. The third-order valence-corrected chi connectivity index (χ3v) is 6.35. The molecule has 0 bridgehead atoms. The summed E-state index contributed by atoms with van der Waals surface area (Å²) in [6.45, 7) is 12.0. The summed E-state index contributed by atoms with van der Waals surface area (Å²) in [4.78, 5) is 26.6. The fourth-order valence-corrected chi connectivity index (χ4v) is 4.93. The molecular weight excluding hydrogens is 320 g/mol. The summed E-state index contributed by atoms with van der Waals surface area (Å²) in [5, 5.41) is 10.8. The Balaban J connectivity index is 2.87. The molecule has 0 saturated heterocycles. The highest BCUT2D eigenvalue weighted by Gasteiger charge is 2.51. The van der Waals surface area contributed by atoms with Gasteiger partial charge in [-0.2, -0.15) is 0 Å². The minimum absolute atomic E-state index is 0.00242. The Morgan fingerprint density at radius 2 is 1.83 bits per heavy atom. The first kappa shape index (κ1) is 19.0. The van der Waals surface area contributed by atoms with Gasteiger partial charge in [-0.15, -0.1) is 11.8 Å². The average molecular weight is 349 g/mol. The van der Waals surface area contributed by atoms with Crippen molar-refractivity contribution in [2.24, 2.45) is 23.2 Å². The predicted octanol–water partition coefficient (Wildman–Crippen LogP) is 4.85. The molecule has 132 valence electrons. The van der Waals surface area contributed by atoms with E-state index in [0.29, 0.717) is 22.5 Å². The maximum Gasteiger partial charge on any atom is 0.223 e. The van der Waals surface area contributed by atoms with Crippen LogP contribution in [0.2, 0.25) is 0 Å². The first-order valence-corrected chi connectivity index (χ1v) is 9.87. The summed E-state index contributed by atoms with van der Waals surface area (Å²) in [6, 6.07) is 0. The van der Waals surface area contributed by atoms with Crippen molar-refractivity contribution in [1.29, 1.82) is 0 Å². The van der Waals surface area contributed by atoms with Crippen LogP contribution in [0.3, 0.4) is 0 Å². The van der Waals surface area contributed by atoms with Crippen LogP contribution in [0.1, 0.15) is 48.0 Å². The third kappa shape index (κ3) is 2.59. The molecule has 0 amide bonds. The standard InChI is InChI=1S/C20H28O3S/c1-8-20(6)14(11(4)5)18(23)19(24-7)13-9-12(10(2)3)16(21)17(22)15(13)20/h9-11,14,22H,8H2,1-7H3/t14?,20-/m0/s1. The van der Waals surface area contributed by atoms with Crippen LogP contribution in [-0.4, -0.2) is 22.9 Å². The van der Waals surface area contributed by atoms with Gasteiger partial charge in [0.25, 0.3) is 0 Å². The monoisotopic (exact) mass is 348 g/mol. The largest absolute Gasteiger partial charge is 0.504 e. The number of thioether (sulfide) groups is 1. The molecule has 24 heavy (non-hydrogen) atoms. The number of rotatable bonds is 4. The zero-order chi connectivity index (χ0) is 18.4. The molecule has 3 nitrogen and oxygen atoms in total. The topological polar surface area (TPSA) is 54.4 Å². The summed E-state index contributed by atoms with van der Waals surface area (Å²) < 4.78 is 0. The number of aliphatic hydroxyl groups is 1. The number of carbonyl (C=O) groups is 2. The summed E-state index contributed by atoms with van der Waals surface area (Å²) in [7, 11) is 0. The molecule has 0 aromatic heterocycles. The van der Waals surface area contributed by atoms with Gasteiger partial charge in [-0.3, -0.25) is 9.59 Å². The Labute approximate surface area is 149 Å². The van der Waals surface area contributed by atoms with Gasteiger partial charge in [0.2, 0.25) is 5.78 Å². The predicted molar refractivity (Wildman–Crippen MR) is 99.9 cm³/mol. The van der Waals surface area contributed by atoms with E-state index in [9.17, 15) is 14.7 Å². The average Bonchev–Trinajstić information content (AvgIpc) is 2.49. The second kappa shape index (κ2) is 6.55. The maximum absolute atomic E-state index is 13.2. The van der Waals surface area contributed by atoms with Crippen molar-refractivity contribution in [3.05, 3.63) is 33.5 Å². The Kier molecular flexibility index (Phi) is 5.19. The van der Waals surface area contributed by atoms with Crippen LogP contribution in [0.15, 0.2) is 33.5 Å². The van der Waals surface area contributed by atoms with E-state index in [2.05, 4.69) is 0 Å².